The van der Waals surface area contributed by atoms with E-state index >= 15 is 0 Å². The Morgan fingerprint density at radius 2 is 1.98 bits per heavy atom. The standard InChI is InChI=1S/C33H32ClFN6O5S/c1-33(2,3)46-32(43)36-15-27(42)44-12-11-41-16-23-25(40-41)10-8-22-28-30(37-18-38-31(28)47-29(22)23)39-26-9-7-21(14-24(26)34)45-17-19-5-4-6-20(35)13-19/h4-7,9,13-14,16,18H,8,10-12,15,17H2,1-3H3,(H,36,43)(H,37,38,39). The van der Waals surface area contributed by atoms with Crippen molar-refractivity contribution >= 4 is 56.7 Å². The number of fused-ring (bicyclic) bond motifs is 5. The van der Waals surface area contributed by atoms with E-state index in [1.165, 1.54) is 18.5 Å². The molecule has 2 aromatic carbocycles. The fraction of sp³-hybridized carbons (Fsp3) is 0.303. The number of aryl methyl sites for hydroxylation is 2. The Bertz CT molecular complexity index is 1960. The van der Waals surface area contributed by atoms with E-state index in [1.54, 1.807) is 61.1 Å². The van der Waals surface area contributed by atoms with Crippen LogP contribution in [0.2, 0.25) is 5.02 Å². The number of rotatable bonds is 10. The zero-order chi connectivity index (χ0) is 33.1. The number of anilines is 2. The van der Waals surface area contributed by atoms with Crippen LogP contribution >= 0.6 is 22.9 Å². The van der Waals surface area contributed by atoms with Crippen LogP contribution in [0.4, 0.5) is 20.7 Å². The van der Waals surface area contributed by atoms with Gasteiger partial charge in [0.15, 0.2) is 0 Å². The van der Waals surface area contributed by atoms with Gasteiger partial charge in [-0.2, -0.15) is 5.10 Å². The van der Waals surface area contributed by atoms with Crippen molar-refractivity contribution in [2.75, 3.05) is 18.5 Å². The molecule has 11 nitrogen and oxygen atoms in total. The first-order valence-electron chi connectivity index (χ1n) is 14.9. The number of hydrogen-bond acceptors (Lipinski definition) is 10. The first-order valence-corrected chi connectivity index (χ1v) is 16.1. The minimum absolute atomic E-state index is 0.101. The molecule has 5 aromatic rings. The van der Waals surface area contributed by atoms with Crippen LogP contribution in [-0.4, -0.2) is 50.6 Å². The number of thiophene rings is 1. The molecule has 1 amide bonds. The van der Waals surface area contributed by atoms with Crippen LogP contribution < -0.4 is 15.4 Å². The molecular weight excluding hydrogens is 647 g/mol. The number of esters is 1. The fourth-order valence-electron chi connectivity index (χ4n) is 5.11. The van der Waals surface area contributed by atoms with Gasteiger partial charge in [0.2, 0.25) is 0 Å². The lowest BCUT2D eigenvalue weighted by atomic mass is 9.95. The van der Waals surface area contributed by atoms with Gasteiger partial charge in [0, 0.05) is 22.7 Å². The SMILES string of the molecule is CC(C)(C)OC(=O)NCC(=O)OCCn1cc2c(n1)CCc1c-2sc2ncnc(Nc3ccc(OCc4cccc(F)c4)cc3Cl)c12. The third kappa shape index (κ3) is 7.80. The molecule has 0 aliphatic heterocycles. The van der Waals surface area contributed by atoms with Gasteiger partial charge in [0.1, 0.15) is 53.9 Å². The van der Waals surface area contributed by atoms with E-state index in [4.69, 9.17) is 30.9 Å². The van der Waals surface area contributed by atoms with E-state index < -0.39 is 17.7 Å². The normalized spacial score (nSPS) is 12.3. The zero-order valence-corrected chi connectivity index (χ0v) is 27.5. The monoisotopic (exact) mass is 678 g/mol. The molecule has 47 heavy (non-hydrogen) atoms. The number of aromatic nitrogens is 4. The van der Waals surface area contributed by atoms with Crippen LogP contribution in [0.1, 0.15) is 37.6 Å². The van der Waals surface area contributed by atoms with Crippen molar-refractivity contribution in [2.24, 2.45) is 0 Å². The molecule has 0 spiro atoms. The number of hydrogen-bond donors (Lipinski definition) is 2. The molecule has 0 unspecified atom stereocenters. The van der Waals surface area contributed by atoms with Crippen molar-refractivity contribution < 1.29 is 28.2 Å². The number of carbonyl (C=O) groups excluding carboxylic acids is 2. The predicted molar refractivity (Wildman–Crippen MR) is 177 cm³/mol. The number of benzene rings is 2. The largest absolute Gasteiger partial charge is 0.489 e. The Labute approximate surface area is 279 Å². The number of nitrogens with zero attached hydrogens (tertiary/aromatic N) is 4. The maximum atomic E-state index is 13.5. The summed E-state index contributed by atoms with van der Waals surface area (Å²) in [4.78, 5) is 34.9. The Hall–Kier alpha value is -4.75. The molecule has 244 valence electrons. The number of alkyl carbamates (subject to hydrolysis) is 1. The summed E-state index contributed by atoms with van der Waals surface area (Å²) in [7, 11) is 0. The quantitative estimate of drug-likeness (QED) is 0.153. The topological polar surface area (TPSA) is 129 Å². The molecule has 0 atom stereocenters. The highest BCUT2D eigenvalue weighted by Gasteiger charge is 2.27. The highest BCUT2D eigenvalue weighted by Crippen LogP contribution is 2.45. The van der Waals surface area contributed by atoms with Gasteiger partial charge in [-0.25, -0.2) is 19.2 Å². The van der Waals surface area contributed by atoms with Gasteiger partial charge < -0.3 is 24.8 Å². The van der Waals surface area contributed by atoms with Crippen LogP contribution in [0.5, 0.6) is 5.75 Å². The molecule has 0 saturated heterocycles. The first kappa shape index (κ1) is 32.2. The number of ether oxygens (including phenoxy) is 3. The van der Waals surface area contributed by atoms with E-state index in [9.17, 15) is 14.0 Å². The van der Waals surface area contributed by atoms with Crippen LogP contribution in [0.25, 0.3) is 20.7 Å². The summed E-state index contributed by atoms with van der Waals surface area (Å²) in [5, 5.41) is 11.9. The summed E-state index contributed by atoms with van der Waals surface area (Å²) in [6.07, 6.45) is 4.28. The summed E-state index contributed by atoms with van der Waals surface area (Å²) in [5.41, 5.74) is 3.82. The van der Waals surface area contributed by atoms with Gasteiger partial charge in [0.25, 0.3) is 0 Å². The van der Waals surface area contributed by atoms with Crippen LogP contribution in [0, 0.1) is 5.82 Å². The van der Waals surface area contributed by atoms with Crippen molar-refractivity contribution in [3.8, 4) is 16.2 Å². The molecular formula is C33H32ClFN6O5S. The van der Waals surface area contributed by atoms with Gasteiger partial charge in [-0.05, 0) is 69.0 Å². The summed E-state index contributed by atoms with van der Waals surface area (Å²) in [6.45, 7) is 5.62. The van der Waals surface area contributed by atoms with Crippen LogP contribution in [0.3, 0.4) is 0 Å². The van der Waals surface area contributed by atoms with Crippen molar-refractivity contribution in [3.63, 3.8) is 0 Å². The Kier molecular flexibility index (Phi) is 9.28. The molecule has 14 heteroatoms. The summed E-state index contributed by atoms with van der Waals surface area (Å²) in [6, 6.07) is 11.6. The lowest BCUT2D eigenvalue weighted by molar-refractivity contribution is -0.142. The summed E-state index contributed by atoms with van der Waals surface area (Å²) < 4.78 is 31.5. The molecule has 1 aliphatic carbocycles. The maximum absolute atomic E-state index is 13.5. The first-order chi connectivity index (χ1) is 22.5. The van der Waals surface area contributed by atoms with E-state index in [0.717, 1.165) is 50.3 Å². The molecule has 0 radical (unpaired) electrons. The minimum atomic E-state index is -0.679. The van der Waals surface area contributed by atoms with E-state index in [1.807, 2.05) is 12.3 Å². The smallest absolute Gasteiger partial charge is 0.408 e. The Morgan fingerprint density at radius 3 is 2.77 bits per heavy atom. The van der Waals surface area contributed by atoms with E-state index in [2.05, 4.69) is 20.6 Å². The van der Waals surface area contributed by atoms with Gasteiger partial charge in [0.05, 0.1) is 28.3 Å². The average molecular weight is 679 g/mol. The molecule has 6 rings (SSSR count). The molecule has 2 N–H and O–H groups in total. The number of amides is 1. The molecule has 3 aromatic heterocycles. The molecule has 0 bridgehead atoms. The van der Waals surface area contributed by atoms with Crippen molar-refractivity contribution in [2.45, 2.75) is 52.4 Å². The Balaban J connectivity index is 1.11. The van der Waals surface area contributed by atoms with Gasteiger partial charge in [-0.3, -0.25) is 9.48 Å². The lowest BCUT2D eigenvalue weighted by Gasteiger charge is -2.19. The van der Waals surface area contributed by atoms with Crippen molar-refractivity contribution in [1.29, 1.82) is 0 Å². The predicted octanol–water partition coefficient (Wildman–Crippen LogP) is 6.84. The zero-order valence-electron chi connectivity index (χ0n) is 25.9. The van der Waals surface area contributed by atoms with Crippen LogP contribution in [-0.2, 0) is 40.3 Å². The fourth-order valence-corrected chi connectivity index (χ4v) is 6.55. The van der Waals surface area contributed by atoms with E-state index in [-0.39, 0.29) is 25.6 Å². The second-order valence-corrected chi connectivity index (χ2v) is 13.2. The summed E-state index contributed by atoms with van der Waals surface area (Å²) >= 11 is 8.20. The van der Waals surface area contributed by atoms with E-state index in [0.29, 0.717) is 28.8 Å². The van der Waals surface area contributed by atoms with Crippen LogP contribution in [0.15, 0.2) is 55.0 Å². The number of carbonyl (C=O) groups is 2. The maximum Gasteiger partial charge on any atom is 0.408 e. The molecule has 3 heterocycles. The minimum Gasteiger partial charge on any atom is -0.489 e. The molecule has 1 aliphatic rings. The van der Waals surface area contributed by atoms with Gasteiger partial charge in [-0.1, -0.05) is 23.7 Å². The lowest BCUT2D eigenvalue weighted by Crippen LogP contribution is -2.36. The highest BCUT2D eigenvalue weighted by molar-refractivity contribution is 7.22. The second kappa shape index (κ2) is 13.5. The van der Waals surface area contributed by atoms with Crippen molar-refractivity contribution in [3.05, 3.63) is 82.6 Å². The van der Waals surface area contributed by atoms with Gasteiger partial charge in [-0.15, -0.1) is 11.3 Å². The number of nitrogens with one attached hydrogen (secondary N) is 2. The average Bonchev–Trinajstić information content (AvgIpc) is 3.61. The second-order valence-electron chi connectivity index (χ2n) is 11.8. The Morgan fingerprint density at radius 1 is 1.13 bits per heavy atom. The molecule has 0 saturated carbocycles. The van der Waals surface area contributed by atoms with Gasteiger partial charge >= 0.3 is 12.1 Å². The molecule has 0 fully saturated rings. The highest BCUT2D eigenvalue weighted by atomic mass is 35.5. The third-order valence-corrected chi connectivity index (χ3v) is 8.62. The third-order valence-electron chi connectivity index (χ3n) is 7.13. The van der Waals surface area contributed by atoms with Crippen molar-refractivity contribution in [1.82, 2.24) is 25.1 Å². The number of halogens is 2. The summed E-state index contributed by atoms with van der Waals surface area (Å²) in [5.74, 6) is 0.322.